The molecular weight excluding hydrogens is 385 g/mol. The highest BCUT2D eigenvalue weighted by Crippen LogP contribution is 2.47. The summed E-state index contributed by atoms with van der Waals surface area (Å²) in [6, 6.07) is 7.19. The third kappa shape index (κ3) is 5.69. The van der Waals surface area contributed by atoms with Crippen LogP contribution >= 0.6 is 22.6 Å². The number of carbonyl (C=O) groups excluding carboxylic acids is 1. The molecule has 1 N–H and O–H groups in total. The van der Waals surface area contributed by atoms with Crippen LogP contribution in [0.25, 0.3) is 0 Å². The summed E-state index contributed by atoms with van der Waals surface area (Å²) in [6.45, 7) is 7.28. The Bertz CT molecular complexity index is 567. The fourth-order valence-corrected chi connectivity index (χ4v) is 4.56. The summed E-state index contributed by atoms with van der Waals surface area (Å²) < 4.78 is 12.2. The van der Waals surface area contributed by atoms with Gasteiger partial charge in [0.15, 0.2) is 5.78 Å². The van der Waals surface area contributed by atoms with Crippen molar-refractivity contribution in [3.63, 3.8) is 0 Å². The summed E-state index contributed by atoms with van der Waals surface area (Å²) in [5.74, 6) is -0.102. The van der Waals surface area contributed by atoms with E-state index in [1.807, 2.05) is 38.1 Å². The minimum absolute atomic E-state index is 0.102. The van der Waals surface area contributed by atoms with E-state index in [1.165, 1.54) is 6.92 Å². The SMILES string of the molecule is C=C(C(C)=O)C(NP(=S)(OCC)OCC)c1ccc(Br)cc1. The summed E-state index contributed by atoms with van der Waals surface area (Å²) in [6.07, 6.45) is 0. The fourth-order valence-electron chi connectivity index (χ4n) is 1.82. The normalized spacial score (nSPS) is 12.9. The first-order valence-corrected chi connectivity index (χ1v) is 10.4. The molecule has 0 aromatic heterocycles. The predicted octanol–water partition coefficient (Wildman–Crippen LogP) is 4.52. The quantitative estimate of drug-likeness (QED) is 0.483. The second kappa shape index (κ2) is 9.06. The maximum atomic E-state index is 11.8. The summed E-state index contributed by atoms with van der Waals surface area (Å²) >= 11 is 8.90. The van der Waals surface area contributed by atoms with E-state index in [4.69, 9.17) is 20.9 Å². The molecule has 4 nitrogen and oxygen atoms in total. The Morgan fingerprint density at radius 3 is 2.23 bits per heavy atom. The highest BCUT2D eigenvalue weighted by molar-refractivity contribution is 9.10. The molecule has 0 aliphatic heterocycles. The Morgan fingerprint density at radius 2 is 1.82 bits per heavy atom. The summed E-state index contributed by atoms with van der Waals surface area (Å²) in [5, 5.41) is 3.19. The molecule has 1 atom stereocenters. The number of hydrogen-bond donors (Lipinski definition) is 1. The van der Waals surface area contributed by atoms with Gasteiger partial charge in [0.05, 0.1) is 19.3 Å². The van der Waals surface area contributed by atoms with Gasteiger partial charge in [-0.15, -0.1) is 0 Å². The second-order valence-electron chi connectivity index (χ2n) is 4.53. The Kier molecular flexibility index (Phi) is 8.11. The standard InChI is InChI=1S/C15H21BrNO3PS/c1-5-19-21(22,20-6-2)17-15(11(3)12(4)18)13-7-9-14(16)10-8-13/h7-10,15H,3,5-6H2,1-2,4H3,(H,17,22). The lowest BCUT2D eigenvalue weighted by atomic mass is 9.98. The van der Waals surface area contributed by atoms with Gasteiger partial charge in [-0.3, -0.25) is 4.79 Å². The highest BCUT2D eigenvalue weighted by atomic mass is 79.9. The fraction of sp³-hybridized carbons (Fsp3) is 0.400. The lowest BCUT2D eigenvalue weighted by Gasteiger charge is -2.28. The number of hydrogen-bond acceptors (Lipinski definition) is 4. The maximum absolute atomic E-state index is 11.8. The van der Waals surface area contributed by atoms with Gasteiger partial charge in [-0.05, 0) is 50.3 Å². The molecule has 122 valence electrons. The van der Waals surface area contributed by atoms with E-state index >= 15 is 0 Å². The van der Waals surface area contributed by atoms with Crippen LogP contribution in [0, 0.1) is 0 Å². The van der Waals surface area contributed by atoms with Gasteiger partial charge in [0.2, 0.25) is 0 Å². The number of benzene rings is 1. The van der Waals surface area contributed by atoms with Crippen LogP contribution in [-0.2, 0) is 25.6 Å². The first-order valence-electron chi connectivity index (χ1n) is 6.95. The lowest BCUT2D eigenvalue weighted by Crippen LogP contribution is -2.25. The van der Waals surface area contributed by atoms with E-state index in [9.17, 15) is 4.79 Å². The van der Waals surface area contributed by atoms with E-state index in [1.54, 1.807) is 0 Å². The van der Waals surface area contributed by atoms with Crippen molar-refractivity contribution < 1.29 is 13.8 Å². The van der Waals surface area contributed by atoms with Gasteiger partial charge >= 0.3 is 0 Å². The number of carbonyl (C=O) groups is 1. The van der Waals surface area contributed by atoms with Crippen LogP contribution in [0.2, 0.25) is 0 Å². The molecular formula is C15H21BrNO3PS. The van der Waals surface area contributed by atoms with Crippen molar-refractivity contribution in [1.29, 1.82) is 0 Å². The number of ketones is 1. The van der Waals surface area contributed by atoms with Crippen molar-refractivity contribution in [2.75, 3.05) is 13.2 Å². The zero-order chi connectivity index (χ0) is 16.8. The third-order valence-electron chi connectivity index (χ3n) is 2.89. The number of rotatable bonds is 9. The Labute approximate surface area is 145 Å². The van der Waals surface area contributed by atoms with Crippen molar-refractivity contribution in [1.82, 2.24) is 5.09 Å². The largest absolute Gasteiger partial charge is 0.318 e. The van der Waals surface area contributed by atoms with E-state index in [0.717, 1.165) is 10.0 Å². The van der Waals surface area contributed by atoms with Crippen LogP contribution in [0.4, 0.5) is 0 Å². The first kappa shape index (κ1) is 19.7. The summed E-state index contributed by atoms with van der Waals surface area (Å²) in [4.78, 5) is 11.8. The van der Waals surface area contributed by atoms with Gasteiger partial charge < -0.3 is 9.05 Å². The average molecular weight is 406 g/mol. The molecule has 1 aromatic rings. The van der Waals surface area contributed by atoms with Crippen molar-refractivity contribution in [3.8, 4) is 0 Å². The van der Waals surface area contributed by atoms with Gasteiger partial charge in [0.25, 0.3) is 6.64 Å². The first-order chi connectivity index (χ1) is 10.3. The molecule has 0 spiro atoms. The predicted molar refractivity (Wildman–Crippen MR) is 97.4 cm³/mol. The Hall–Kier alpha value is -0.360. The Morgan fingerprint density at radius 1 is 1.32 bits per heavy atom. The number of nitrogens with one attached hydrogen (secondary N) is 1. The molecule has 0 saturated carbocycles. The van der Waals surface area contributed by atoms with E-state index in [2.05, 4.69) is 27.6 Å². The average Bonchev–Trinajstić information content (AvgIpc) is 2.45. The zero-order valence-electron chi connectivity index (χ0n) is 13.0. The van der Waals surface area contributed by atoms with Crippen LogP contribution in [0.5, 0.6) is 0 Å². The monoisotopic (exact) mass is 405 g/mol. The van der Waals surface area contributed by atoms with Crippen LogP contribution in [0.3, 0.4) is 0 Å². The van der Waals surface area contributed by atoms with Gasteiger partial charge in [0.1, 0.15) is 0 Å². The summed E-state index contributed by atoms with van der Waals surface area (Å²) in [7, 11) is 0. The molecule has 0 bridgehead atoms. The minimum Gasteiger partial charge on any atom is -0.318 e. The van der Waals surface area contributed by atoms with Gasteiger partial charge in [-0.1, -0.05) is 34.6 Å². The molecule has 1 unspecified atom stereocenters. The van der Waals surface area contributed by atoms with E-state index < -0.39 is 12.7 Å². The lowest BCUT2D eigenvalue weighted by molar-refractivity contribution is -0.113. The van der Waals surface area contributed by atoms with Crippen LogP contribution in [0.15, 0.2) is 40.9 Å². The van der Waals surface area contributed by atoms with E-state index in [-0.39, 0.29) is 5.78 Å². The molecule has 1 rings (SSSR count). The van der Waals surface area contributed by atoms with E-state index in [0.29, 0.717) is 18.8 Å². The molecule has 0 saturated heterocycles. The van der Waals surface area contributed by atoms with Crippen molar-refractivity contribution in [2.24, 2.45) is 0 Å². The molecule has 22 heavy (non-hydrogen) atoms. The molecule has 7 heteroatoms. The highest BCUT2D eigenvalue weighted by Gasteiger charge is 2.27. The second-order valence-corrected chi connectivity index (χ2v) is 8.66. The topological polar surface area (TPSA) is 47.6 Å². The number of Topliss-reactive ketones (excluding diaryl/α,β-unsaturated/α-hetero) is 1. The molecule has 0 radical (unpaired) electrons. The molecule has 0 aliphatic rings. The molecule has 0 heterocycles. The van der Waals surface area contributed by atoms with Gasteiger partial charge in [-0.2, -0.15) is 0 Å². The van der Waals surface area contributed by atoms with Gasteiger partial charge in [0, 0.05) is 10.0 Å². The van der Waals surface area contributed by atoms with Crippen molar-refractivity contribution in [2.45, 2.75) is 26.8 Å². The minimum atomic E-state index is -2.69. The van der Waals surface area contributed by atoms with Crippen LogP contribution < -0.4 is 5.09 Å². The molecule has 0 amide bonds. The van der Waals surface area contributed by atoms with Crippen molar-refractivity contribution >= 4 is 40.2 Å². The Balaban J connectivity index is 3.15. The third-order valence-corrected chi connectivity index (χ3v) is 6.14. The van der Waals surface area contributed by atoms with Crippen LogP contribution in [-0.4, -0.2) is 19.0 Å². The maximum Gasteiger partial charge on any atom is 0.262 e. The molecule has 1 aromatic carbocycles. The van der Waals surface area contributed by atoms with Gasteiger partial charge in [-0.25, -0.2) is 5.09 Å². The molecule has 0 aliphatic carbocycles. The van der Waals surface area contributed by atoms with Crippen molar-refractivity contribution in [3.05, 3.63) is 46.5 Å². The summed E-state index contributed by atoms with van der Waals surface area (Å²) in [5.41, 5.74) is 1.31. The molecule has 0 fully saturated rings. The zero-order valence-corrected chi connectivity index (χ0v) is 16.3. The smallest absolute Gasteiger partial charge is 0.262 e. The van der Waals surface area contributed by atoms with Crippen LogP contribution in [0.1, 0.15) is 32.4 Å². The number of halogens is 1.